The molecule has 0 saturated carbocycles. The van der Waals surface area contributed by atoms with E-state index in [0.717, 1.165) is 22.0 Å². The highest BCUT2D eigenvalue weighted by atomic mass is 16.2. The van der Waals surface area contributed by atoms with Crippen LogP contribution in [-0.4, -0.2) is 34.7 Å². The molecule has 4 rings (SSSR count). The first kappa shape index (κ1) is 15.1. The van der Waals surface area contributed by atoms with Crippen molar-refractivity contribution >= 4 is 29.0 Å². The normalized spacial score (nSPS) is 13.8. The lowest BCUT2D eigenvalue weighted by atomic mass is 10.0. The number of nitrogens with zero attached hydrogens (tertiary/aromatic N) is 3. The molecule has 0 spiro atoms. The van der Waals surface area contributed by atoms with E-state index in [1.165, 1.54) is 0 Å². The third kappa shape index (κ3) is 3.01. The Kier molecular flexibility index (Phi) is 3.78. The van der Waals surface area contributed by atoms with Crippen LogP contribution in [0.4, 0.5) is 0 Å². The Morgan fingerprint density at radius 1 is 1.16 bits per heavy atom. The maximum Gasteiger partial charge on any atom is 0.286 e. The molecule has 0 radical (unpaired) electrons. The molecule has 0 bridgehead atoms. The first-order valence-electron chi connectivity index (χ1n) is 8.01. The van der Waals surface area contributed by atoms with E-state index < -0.39 is 0 Å². The molecule has 1 aromatic heterocycles. The molecule has 0 fully saturated rings. The minimum Gasteiger partial charge on any atom is -0.350 e. The van der Waals surface area contributed by atoms with Gasteiger partial charge in [0, 0.05) is 10.9 Å². The molecule has 0 atom stereocenters. The number of aliphatic imine (C=N–C) groups is 2. The van der Waals surface area contributed by atoms with E-state index in [9.17, 15) is 4.79 Å². The third-order valence-corrected chi connectivity index (χ3v) is 4.07. The number of carbonyl (C=O) groups excluding carboxylic acids is 1. The monoisotopic (exact) mass is 331 g/mol. The number of aromatic amines is 1. The van der Waals surface area contributed by atoms with Crippen LogP contribution in [-0.2, 0) is 0 Å². The molecule has 2 N–H and O–H groups in total. The molecule has 2 aromatic carbocycles. The second-order valence-corrected chi connectivity index (χ2v) is 5.82. The van der Waals surface area contributed by atoms with Crippen LogP contribution in [0.2, 0.25) is 0 Å². The zero-order valence-electron chi connectivity index (χ0n) is 13.7. The SMILES string of the molecule is CC1=NCN(NC(=O)c2cc3cccc(-c4ccccc4)c3[nH]2)C=N1. The van der Waals surface area contributed by atoms with Crippen molar-refractivity contribution < 1.29 is 4.79 Å². The van der Waals surface area contributed by atoms with E-state index in [-0.39, 0.29) is 5.91 Å². The van der Waals surface area contributed by atoms with Crippen LogP contribution in [0.25, 0.3) is 22.0 Å². The summed E-state index contributed by atoms with van der Waals surface area (Å²) in [6.07, 6.45) is 1.57. The summed E-state index contributed by atoms with van der Waals surface area (Å²) in [5, 5.41) is 2.55. The average molecular weight is 331 g/mol. The number of amidine groups is 1. The van der Waals surface area contributed by atoms with Crippen molar-refractivity contribution in [3.63, 3.8) is 0 Å². The zero-order chi connectivity index (χ0) is 17.2. The Morgan fingerprint density at radius 3 is 2.76 bits per heavy atom. The van der Waals surface area contributed by atoms with Crippen LogP contribution in [0.5, 0.6) is 0 Å². The summed E-state index contributed by atoms with van der Waals surface area (Å²) in [7, 11) is 0. The fourth-order valence-corrected chi connectivity index (χ4v) is 2.80. The number of carbonyl (C=O) groups is 1. The summed E-state index contributed by atoms with van der Waals surface area (Å²) in [5.74, 6) is 0.472. The van der Waals surface area contributed by atoms with Gasteiger partial charge in [-0.3, -0.25) is 15.2 Å². The minimum absolute atomic E-state index is 0.226. The Morgan fingerprint density at radius 2 is 2.00 bits per heavy atom. The molecule has 0 saturated heterocycles. The molecule has 6 nitrogen and oxygen atoms in total. The van der Waals surface area contributed by atoms with Crippen LogP contribution in [0.15, 0.2) is 64.6 Å². The predicted octanol–water partition coefficient (Wildman–Crippen LogP) is 3.20. The molecule has 2 heterocycles. The van der Waals surface area contributed by atoms with Crippen LogP contribution in [0.3, 0.4) is 0 Å². The molecule has 3 aromatic rings. The lowest BCUT2D eigenvalue weighted by Gasteiger charge is -2.20. The third-order valence-electron chi connectivity index (χ3n) is 4.07. The number of hydrogen-bond donors (Lipinski definition) is 2. The van der Waals surface area contributed by atoms with Gasteiger partial charge in [-0.2, -0.15) is 0 Å². The van der Waals surface area contributed by atoms with Crippen molar-refractivity contribution in [2.24, 2.45) is 9.98 Å². The van der Waals surface area contributed by atoms with Gasteiger partial charge < -0.3 is 4.98 Å². The first-order chi connectivity index (χ1) is 12.2. The Balaban J connectivity index is 1.63. The van der Waals surface area contributed by atoms with Crippen molar-refractivity contribution in [3.05, 3.63) is 60.3 Å². The van der Waals surface area contributed by atoms with Crippen LogP contribution < -0.4 is 5.43 Å². The zero-order valence-corrected chi connectivity index (χ0v) is 13.7. The van der Waals surface area contributed by atoms with E-state index in [1.54, 1.807) is 11.3 Å². The molecule has 1 aliphatic rings. The van der Waals surface area contributed by atoms with Gasteiger partial charge in [-0.25, -0.2) is 9.98 Å². The van der Waals surface area contributed by atoms with Gasteiger partial charge in [-0.1, -0.05) is 48.5 Å². The number of rotatable bonds is 3. The molecule has 1 amide bonds. The molecule has 6 heteroatoms. The lowest BCUT2D eigenvalue weighted by Crippen LogP contribution is -2.43. The molecular weight excluding hydrogens is 314 g/mol. The highest BCUT2D eigenvalue weighted by Gasteiger charge is 2.15. The summed E-state index contributed by atoms with van der Waals surface area (Å²) >= 11 is 0. The van der Waals surface area contributed by atoms with Crippen molar-refractivity contribution in [3.8, 4) is 11.1 Å². The average Bonchev–Trinajstić information content (AvgIpc) is 3.09. The number of hydrogen-bond acceptors (Lipinski definition) is 4. The van der Waals surface area contributed by atoms with Gasteiger partial charge in [0.1, 0.15) is 24.5 Å². The molecule has 25 heavy (non-hydrogen) atoms. The van der Waals surface area contributed by atoms with E-state index in [4.69, 9.17) is 0 Å². The van der Waals surface area contributed by atoms with Gasteiger partial charge in [0.05, 0.1) is 5.52 Å². The summed E-state index contributed by atoms with van der Waals surface area (Å²) < 4.78 is 0. The van der Waals surface area contributed by atoms with Gasteiger partial charge in [-0.15, -0.1) is 0 Å². The molecule has 0 aliphatic carbocycles. The van der Waals surface area contributed by atoms with E-state index in [2.05, 4.69) is 32.5 Å². The van der Waals surface area contributed by atoms with Crippen molar-refractivity contribution in [1.82, 2.24) is 15.4 Å². The predicted molar refractivity (Wildman–Crippen MR) is 99.5 cm³/mol. The number of para-hydroxylation sites is 1. The summed E-state index contributed by atoms with van der Waals surface area (Å²) in [6.45, 7) is 2.18. The fourth-order valence-electron chi connectivity index (χ4n) is 2.80. The van der Waals surface area contributed by atoms with E-state index in [0.29, 0.717) is 18.2 Å². The molecule has 0 unspecified atom stereocenters. The number of hydrazine groups is 1. The Hall–Kier alpha value is -3.41. The smallest absolute Gasteiger partial charge is 0.286 e. The second kappa shape index (κ2) is 6.24. The second-order valence-electron chi connectivity index (χ2n) is 5.82. The van der Waals surface area contributed by atoms with Gasteiger partial charge in [0.2, 0.25) is 0 Å². The van der Waals surface area contributed by atoms with Crippen molar-refractivity contribution in [2.45, 2.75) is 6.92 Å². The molecular formula is C19H17N5O. The van der Waals surface area contributed by atoms with E-state index >= 15 is 0 Å². The van der Waals surface area contributed by atoms with Crippen molar-refractivity contribution in [1.29, 1.82) is 0 Å². The highest BCUT2D eigenvalue weighted by molar-refractivity contribution is 6.02. The van der Waals surface area contributed by atoms with E-state index in [1.807, 2.05) is 49.4 Å². The fraction of sp³-hybridized carbons (Fsp3) is 0.105. The van der Waals surface area contributed by atoms with Gasteiger partial charge in [0.15, 0.2) is 0 Å². The highest BCUT2D eigenvalue weighted by Crippen LogP contribution is 2.28. The minimum atomic E-state index is -0.226. The van der Waals surface area contributed by atoms with Crippen LogP contribution in [0, 0.1) is 0 Å². The van der Waals surface area contributed by atoms with Crippen molar-refractivity contribution in [2.75, 3.05) is 6.67 Å². The number of nitrogens with one attached hydrogen (secondary N) is 2. The summed E-state index contributed by atoms with van der Waals surface area (Å²) in [4.78, 5) is 24.0. The van der Waals surface area contributed by atoms with Crippen LogP contribution >= 0.6 is 0 Å². The summed E-state index contributed by atoms with van der Waals surface area (Å²) in [6, 6.07) is 18.0. The standard InChI is InChI=1S/C19H17N5O/c1-13-20-11-24(12-21-13)23-19(25)17-10-15-8-5-9-16(18(15)22-17)14-6-3-2-4-7-14/h2-11,22H,12H2,1H3,(H,23,25). The quantitative estimate of drug-likeness (QED) is 0.773. The van der Waals surface area contributed by atoms with Gasteiger partial charge in [-0.05, 0) is 18.6 Å². The van der Waals surface area contributed by atoms with Gasteiger partial charge in [0.25, 0.3) is 5.91 Å². The topological polar surface area (TPSA) is 72.8 Å². The number of amides is 1. The van der Waals surface area contributed by atoms with Crippen LogP contribution in [0.1, 0.15) is 17.4 Å². The largest absolute Gasteiger partial charge is 0.350 e. The maximum atomic E-state index is 12.5. The Bertz CT molecular complexity index is 987. The first-order valence-corrected chi connectivity index (χ1v) is 8.01. The Labute approximate surface area is 144 Å². The number of H-pyrrole nitrogens is 1. The molecule has 1 aliphatic heterocycles. The lowest BCUT2D eigenvalue weighted by molar-refractivity contribution is 0.0871. The molecule has 124 valence electrons. The number of aromatic nitrogens is 1. The number of fused-ring (bicyclic) bond motifs is 1. The van der Waals surface area contributed by atoms with Gasteiger partial charge >= 0.3 is 0 Å². The maximum absolute atomic E-state index is 12.5. The summed E-state index contributed by atoms with van der Waals surface area (Å²) in [5.41, 5.74) is 6.40. The number of benzene rings is 2.